The number of carbonyl (C=O) groups is 6. The molecule has 0 radical (unpaired) electrons. The predicted molar refractivity (Wildman–Crippen MR) is 387 cm³/mol. The first-order valence-corrected chi connectivity index (χ1v) is 40.4. The van der Waals surface area contributed by atoms with Gasteiger partial charge in [-0.2, -0.15) is 0 Å². The van der Waals surface area contributed by atoms with E-state index in [1.165, 1.54) is 60.1 Å². The molecule has 3 aliphatic heterocycles. The number of thiazole rings is 2. The minimum atomic E-state index is -1.19. The number of esters is 3. The predicted octanol–water partition coefficient (Wildman–Crippen LogP) is 12.1. The van der Waals surface area contributed by atoms with Crippen molar-refractivity contribution in [2.24, 2.45) is 159 Å². The third kappa shape index (κ3) is 7.12. The van der Waals surface area contributed by atoms with E-state index in [9.17, 15) is 70.4 Å². The summed E-state index contributed by atoms with van der Waals surface area (Å²) in [5.41, 5.74) is 1.63. The summed E-state index contributed by atoms with van der Waals surface area (Å²) >= 11 is 12.6. The Kier molecular flexibility index (Phi) is 13.7. The second kappa shape index (κ2) is 22.0. The third-order valence-corrected chi connectivity index (χ3v) is 34.1. The fourth-order valence-electron chi connectivity index (χ4n) is 28.9. The smallest absolute Gasteiger partial charge is 0.338 e. The van der Waals surface area contributed by atoms with Crippen LogP contribution in [0, 0.1) is 186 Å². The zero-order chi connectivity index (χ0) is 77.9. The Bertz CT molecular complexity index is 5530. The van der Waals surface area contributed by atoms with Gasteiger partial charge in [-0.15, -0.1) is 22.7 Å². The number of benzene rings is 3. The Labute approximate surface area is 654 Å². The van der Waals surface area contributed by atoms with E-state index in [-0.39, 0.29) is 140 Å². The Morgan fingerprint density at radius 3 is 1.43 bits per heavy atom. The van der Waals surface area contributed by atoms with Crippen molar-refractivity contribution < 1.29 is 84.6 Å². The highest BCUT2D eigenvalue weighted by atomic mass is 79.9. The molecule has 112 heavy (non-hydrogen) atoms. The topological polar surface area (TPSA) is 303 Å². The molecule has 3 atom stereocenters. The summed E-state index contributed by atoms with van der Waals surface area (Å²) in [6, 6.07) is 9.21. The zero-order valence-electron chi connectivity index (χ0n) is 59.9. The maximum Gasteiger partial charge on any atom is 0.338 e. The summed E-state index contributed by atoms with van der Waals surface area (Å²) in [4.78, 5) is 104. The lowest BCUT2D eigenvalue weighted by Gasteiger charge is -3.12. The molecule has 3 aromatic heterocycles. The molecule has 18 saturated carbocycles. The molecule has 21 aliphatic rings. The van der Waals surface area contributed by atoms with Crippen molar-refractivity contribution in [2.75, 3.05) is 20.3 Å². The number of ether oxygens (including phenoxy) is 3. The van der Waals surface area contributed by atoms with Gasteiger partial charge in [-0.1, -0.05) is 51.8 Å². The van der Waals surface area contributed by atoms with Crippen LogP contribution in [0.4, 0.5) is 26.3 Å². The van der Waals surface area contributed by atoms with Crippen LogP contribution < -0.4 is 16.0 Å². The van der Waals surface area contributed by atoms with Crippen LogP contribution in [0.15, 0.2) is 137 Å². The lowest BCUT2D eigenvalue weighted by atomic mass is 8.91. The van der Waals surface area contributed by atoms with Crippen molar-refractivity contribution in [2.45, 2.75) is 59.2 Å². The van der Waals surface area contributed by atoms with Gasteiger partial charge >= 0.3 is 35.8 Å². The van der Waals surface area contributed by atoms with Gasteiger partial charge < -0.3 is 45.5 Å². The third-order valence-electron chi connectivity index (χ3n) is 31.5. The van der Waals surface area contributed by atoms with Crippen molar-refractivity contribution >= 4 is 104 Å². The van der Waals surface area contributed by atoms with Gasteiger partial charge in [0.1, 0.15) is 41.3 Å². The molecule has 18 fully saturated rings. The fraction of sp³-hybridized carbons (Fsp3) is 0.457. The number of amidine groups is 3. The van der Waals surface area contributed by atoms with E-state index in [4.69, 9.17) is 35.8 Å². The summed E-state index contributed by atoms with van der Waals surface area (Å²) in [5.74, 6) is -3.37. The van der Waals surface area contributed by atoms with E-state index in [0.29, 0.717) is 96.6 Å². The van der Waals surface area contributed by atoms with Gasteiger partial charge in [0.25, 0.3) is 0 Å². The molecule has 21 nitrogen and oxygen atoms in total. The Morgan fingerprint density at radius 2 is 0.991 bits per heavy atom. The van der Waals surface area contributed by atoms with E-state index in [0.717, 1.165) is 23.7 Å². The first kappa shape index (κ1) is 69.6. The quantitative estimate of drug-likeness (QED) is 0.0190. The molecule has 18 aliphatic carbocycles. The van der Waals surface area contributed by atoms with Gasteiger partial charge in [0.15, 0.2) is 45.0 Å². The Hall–Kier alpha value is -9.13. The number of aliphatic carboxylic acids is 3. The van der Waals surface area contributed by atoms with Crippen LogP contribution in [0.1, 0.15) is 90.2 Å². The number of methoxy groups -OCH3 is 1. The summed E-state index contributed by atoms with van der Waals surface area (Å²) in [5, 5.41) is 44.3. The number of carboxylic acids is 3. The molecule has 574 valence electrons. The van der Waals surface area contributed by atoms with Gasteiger partial charge in [0.2, 0.25) is 0 Å². The number of pyridine rings is 1. The maximum atomic E-state index is 14.9. The van der Waals surface area contributed by atoms with Crippen molar-refractivity contribution in [1.29, 1.82) is 0 Å². The molecule has 6 heterocycles. The average molecular weight is 1650 g/mol. The molecule has 27 rings (SSSR count). The van der Waals surface area contributed by atoms with E-state index < -0.39 is 110 Å². The second-order valence-corrected chi connectivity index (χ2v) is 37.1. The van der Waals surface area contributed by atoms with Crippen LogP contribution in [-0.4, -0.2) is 104 Å². The standard InChI is InChI=1S/C29H26ClF2N3O4S.C27H20F3N3O4.C25H19BrFN3O4S/c1-4-39-25(36)12-21(10-5-6-11(31)20(32)19(10)30)34-23(24-33-7-8-40-24)35-22(12)29-16-13-17(29)15-18(29)14(16)28(13,15)9-27(2,3)26(37)38;1-8-10(4-3-5-11(8)29)20-13(24(34)37-2)22(33-23(32-20)21-12(30)6-9(28)7-31-21)26-14-17-15(26)19-16(26)18(14)27(17,19)25(35)36;1-2-34-22(31)11-18(9-4-3-8(27)7-10(9)26)29-20(21-28-5-6-35-21)30-19(11)24-12-15-13(24)17-14(24)16(12)25(15,17)23(32)33/h5-8,13-18,21H,4,9H2,1-3H3,(H,34,35)(H,37,38);3-7,14-20H,1-2H3,(H,32,33)(H,35,36);3-7,12-18H,2H2,1H3,(H,29,30)(H,32,33). The number of aliphatic imine (C=N–C) groups is 3. The van der Waals surface area contributed by atoms with E-state index >= 15 is 0 Å². The highest BCUT2D eigenvalue weighted by Crippen LogP contribution is 3.14. The number of nitrogens with one attached hydrogen (secondary N) is 3. The normalized spacial score (nSPS) is 40.5. The van der Waals surface area contributed by atoms with E-state index in [1.54, 1.807) is 45.3 Å². The van der Waals surface area contributed by atoms with Crippen LogP contribution in [0.5, 0.6) is 0 Å². The number of allylic oxidation sites excluding steroid dienone is 3. The van der Waals surface area contributed by atoms with Crippen LogP contribution in [0.3, 0.4) is 0 Å². The van der Waals surface area contributed by atoms with Crippen LogP contribution in [0.2, 0.25) is 5.02 Å². The van der Waals surface area contributed by atoms with Crippen molar-refractivity contribution in [3.63, 3.8) is 0 Å². The summed E-state index contributed by atoms with van der Waals surface area (Å²) in [6.07, 6.45) is 4.92. The number of aromatic nitrogens is 3. The lowest BCUT2D eigenvalue weighted by molar-refractivity contribution is -0.651. The summed E-state index contributed by atoms with van der Waals surface area (Å²) in [7, 11) is 1.25. The molecule has 0 amide bonds. The maximum absolute atomic E-state index is 14.9. The molecule has 0 saturated heterocycles. The molecule has 0 spiro atoms. The molecular weight excluding hydrogens is 1580 g/mol. The van der Waals surface area contributed by atoms with Crippen molar-refractivity contribution in [1.82, 2.24) is 30.9 Å². The van der Waals surface area contributed by atoms with Crippen molar-refractivity contribution in [3.05, 3.63) is 200 Å². The van der Waals surface area contributed by atoms with E-state index in [1.807, 2.05) is 24.6 Å². The highest BCUT2D eigenvalue weighted by Gasteiger charge is 3.14. The minimum absolute atomic E-state index is 0.00966. The number of hydrogen-bond acceptors (Lipinski definition) is 20. The number of hydrogen-bond donors (Lipinski definition) is 6. The van der Waals surface area contributed by atoms with Crippen LogP contribution in [-0.2, 0) is 43.0 Å². The van der Waals surface area contributed by atoms with Gasteiger partial charge in [-0.25, -0.2) is 55.7 Å². The number of rotatable bonds is 19. The monoisotopic (exact) mass is 1650 g/mol. The van der Waals surface area contributed by atoms with Crippen molar-refractivity contribution in [3.8, 4) is 0 Å². The molecule has 0 bridgehead atoms. The minimum Gasteiger partial charge on any atom is -0.481 e. The molecular formula is C81H65BrClF6N9O12S2. The first-order chi connectivity index (χ1) is 53.6. The second-order valence-electron chi connectivity index (χ2n) is 34.1. The molecule has 6 N–H and O–H groups in total. The molecule has 6 aromatic rings. The zero-order valence-corrected chi connectivity index (χ0v) is 63.8. The molecule has 3 aromatic carbocycles. The highest BCUT2D eigenvalue weighted by molar-refractivity contribution is 9.10. The number of nitrogens with zero attached hydrogens (tertiary/aromatic N) is 6. The SMILES string of the molecule is CCOC(=O)C1=C(C23C4C5C2C2C3C4C52C(=O)O)NC(c2nccs2)=NC1c1ccc(F)cc1Br.CCOC(=O)C1=C(C23C4C5C2C2C3C4C52CC(C)(C)C(=O)O)NC(c2nccs2)=NC1c1ccc(F)c(F)c1Cl.COC(=O)C1=C(C23C4C5C2C2C3C4C52C(=O)O)NC(c2ncc(F)cc2F)=NC1c1cccc(F)c1C. The average Bonchev–Trinajstić information content (AvgIpc) is 0.580. The van der Waals surface area contributed by atoms with E-state index in [2.05, 4.69) is 51.8 Å². The van der Waals surface area contributed by atoms with Gasteiger partial charge in [-0.3, -0.25) is 29.4 Å². The van der Waals surface area contributed by atoms with Crippen LogP contribution >= 0.6 is 50.2 Å². The Balaban J connectivity index is 0.000000103. The van der Waals surface area contributed by atoms with Gasteiger partial charge in [-0.05, 0) is 194 Å². The molecule has 31 heteroatoms. The number of carboxylic acid groups (broad SMARTS) is 3. The lowest BCUT2D eigenvalue weighted by Crippen LogP contribution is -3.11. The molecule has 3 unspecified atom stereocenters. The number of halogens is 8. The largest absolute Gasteiger partial charge is 0.481 e. The first-order valence-electron chi connectivity index (χ1n) is 37.5. The Morgan fingerprint density at radius 1 is 0.545 bits per heavy atom. The van der Waals surface area contributed by atoms with Crippen LogP contribution in [0.25, 0.3) is 0 Å². The van der Waals surface area contributed by atoms with Gasteiger partial charge in [0.05, 0.1) is 64.5 Å². The number of carbonyl (C=O) groups excluding carboxylic acids is 3. The summed E-state index contributed by atoms with van der Waals surface area (Å²) in [6.45, 7) is 9.04. The van der Waals surface area contributed by atoms with Gasteiger partial charge in [0, 0.05) is 72.6 Å². The fourth-order valence-corrected chi connectivity index (χ4v) is 30.9. The summed E-state index contributed by atoms with van der Waals surface area (Å²) < 4.78 is 103.